The Hall–Kier alpha value is -1.77. The Kier molecular flexibility index (Phi) is 4.29. The molecular formula is C19H26N6OS. The number of nitrogens with one attached hydrogen (secondary N) is 1. The molecule has 7 nitrogen and oxygen atoms in total. The van der Waals surface area contributed by atoms with Crippen molar-refractivity contribution >= 4 is 17.2 Å². The van der Waals surface area contributed by atoms with Crippen LogP contribution in [0.25, 0.3) is 0 Å². The van der Waals surface area contributed by atoms with Gasteiger partial charge in [-0.1, -0.05) is 0 Å². The Labute approximate surface area is 163 Å². The number of nitrogens with zero attached hydrogens (tertiary/aromatic N) is 5. The van der Waals surface area contributed by atoms with Crippen LogP contribution in [0.4, 0.5) is 0 Å². The molecule has 8 heteroatoms. The molecule has 1 saturated heterocycles. The van der Waals surface area contributed by atoms with Crippen LogP contribution in [0.2, 0.25) is 0 Å². The lowest BCUT2D eigenvalue weighted by molar-refractivity contribution is 0.0645. The standard InChI is InChI=1S/C19H26N6OS/c1-23-10-16-21-22-17(18(26)20-15-3-2-4-15)25(16)13-19(23)6-7-24(12-19)9-14-5-8-27-11-14/h5,8,11,15H,2-4,6-7,9-10,12-13H2,1H3,(H,20,26)/t19-/m0/s1. The van der Waals surface area contributed by atoms with Gasteiger partial charge in [0.05, 0.1) is 12.1 Å². The number of thiophene rings is 1. The molecule has 0 bridgehead atoms. The minimum absolute atomic E-state index is 0.0525. The van der Waals surface area contributed by atoms with Crippen LogP contribution in [0.3, 0.4) is 0 Å². The van der Waals surface area contributed by atoms with Crippen molar-refractivity contribution in [1.29, 1.82) is 0 Å². The van der Waals surface area contributed by atoms with Crippen LogP contribution in [0.1, 0.15) is 47.7 Å². The van der Waals surface area contributed by atoms with Gasteiger partial charge >= 0.3 is 0 Å². The minimum Gasteiger partial charge on any atom is -0.347 e. The number of likely N-dealkylation sites (N-methyl/N-ethyl adjacent to an activating group) is 1. The highest BCUT2D eigenvalue weighted by molar-refractivity contribution is 7.07. The second-order valence-electron chi connectivity index (χ2n) is 8.30. The van der Waals surface area contributed by atoms with Gasteiger partial charge in [-0.15, -0.1) is 10.2 Å². The number of carbonyl (C=O) groups is 1. The lowest BCUT2D eigenvalue weighted by Crippen LogP contribution is -2.55. The first-order valence-electron chi connectivity index (χ1n) is 9.81. The van der Waals surface area contributed by atoms with Crippen LogP contribution in [0.5, 0.6) is 0 Å². The van der Waals surface area contributed by atoms with Gasteiger partial charge in [0.2, 0.25) is 5.82 Å². The first-order valence-corrected chi connectivity index (χ1v) is 10.7. The smallest absolute Gasteiger partial charge is 0.289 e. The zero-order valence-corrected chi connectivity index (χ0v) is 16.5. The maximum absolute atomic E-state index is 12.7. The van der Waals surface area contributed by atoms with Gasteiger partial charge in [-0.3, -0.25) is 14.6 Å². The first kappa shape index (κ1) is 17.3. The second-order valence-corrected chi connectivity index (χ2v) is 9.08. The molecule has 1 spiro atoms. The summed E-state index contributed by atoms with van der Waals surface area (Å²) in [5.41, 5.74) is 1.44. The van der Waals surface area contributed by atoms with Crippen molar-refractivity contribution in [3.63, 3.8) is 0 Å². The second kappa shape index (κ2) is 6.68. The van der Waals surface area contributed by atoms with Crippen molar-refractivity contribution in [2.45, 2.75) is 56.9 Å². The number of hydrogen-bond donors (Lipinski definition) is 1. The van der Waals surface area contributed by atoms with E-state index in [1.807, 2.05) is 0 Å². The van der Waals surface area contributed by atoms with Gasteiger partial charge in [0.1, 0.15) is 5.82 Å². The molecular weight excluding hydrogens is 360 g/mol. The number of aromatic nitrogens is 3. The molecule has 1 atom stereocenters. The Morgan fingerprint density at radius 1 is 1.37 bits per heavy atom. The number of fused-ring (bicyclic) bond motifs is 1. The molecule has 3 aliphatic rings. The third-order valence-electron chi connectivity index (χ3n) is 6.51. The fourth-order valence-corrected chi connectivity index (χ4v) is 5.20. The third-order valence-corrected chi connectivity index (χ3v) is 7.24. The molecule has 2 aromatic rings. The number of carbonyl (C=O) groups excluding carboxylic acids is 1. The van der Waals surface area contributed by atoms with Crippen molar-refractivity contribution in [3.8, 4) is 0 Å². The summed E-state index contributed by atoms with van der Waals surface area (Å²) in [7, 11) is 2.18. The zero-order chi connectivity index (χ0) is 18.4. The van der Waals surface area contributed by atoms with Gasteiger partial charge in [-0.25, -0.2) is 0 Å². The summed E-state index contributed by atoms with van der Waals surface area (Å²) in [6.45, 7) is 4.64. The lowest BCUT2D eigenvalue weighted by atomic mass is 9.93. The summed E-state index contributed by atoms with van der Waals surface area (Å²) in [5.74, 6) is 1.32. The predicted octanol–water partition coefficient (Wildman–Crippen LogP) is 1.71. The van der Waals surface area contributed by atoms with E-state index in [4.69, 9.17) is 0 Å². The van der Waals surface area contributed by atoms with E-state index in [1.54, 1.807) is 11.3 Å². The molecule has 27 heavy (non-hydrogen) atoms. The van der Waals surface area contributed by atoms with E-state index in [-0.39, 0.29) is 11.4 Å². The van der Waals surface area contributed by atoms with E-state index in [1.165, 1.54) is 12.0 Å². The van der Waals surface area contributed by atoms with E-state index in [2.05, 4.69) is 53.8 Å². The highest BCUT2D eigenvalue weighted by Crippen LogP contribution is 2.35. The quantitative estimate of drug-likeness (QED) is 0.867. The number of likely N-dealkylation sites (tertiary alicyclic amines) is 1. The van der Waals surface area contributed by atoms with Gasteiger partial charge in [0.15, 0.2) is 0 Å². The van der Waals surface area contributed by atoms with Crippen LogP contribution in [0, 0.1) is 0 Å². The SMILES string of the molecule is CN1Cc2nnc(C(=O)NC3CCC3)n2C[C@@]12CCN(Cc1ccsc1)C2. The number of rotatable bonds is 4. The molecule has 2 aromatic heterocycles. The lowest BCUT2D eigenvalue weighted by Gasteiger charge is -2.43. The van der Waals surface area contributed by atoms with Gasteiger partial charge in [-0.05, 0) is 55.1 Å². The van der Waals surface area contributed by atoms with Gasteiger partial charge in [0, 0.05) is 32.2 Å². The van der Waals surface area contributed by atoms with Crippen molar-refractivity contribution in [1.82, 2.24) is 29.9 Å². The fraction of sp³-hybridized carbons (Fsp3) is 0.632. The Balaban J connectivity index is 1.34. The van der Waals surface area contributed by atoms with E-state index in [0.717, 1.165) is 57.8 Å². The molecule has 1 amide bonds. The molecule has 0 radical (unpaired) electrons. The van der Waals surface area contributed by atoms with Gasteiger partial charge < -0.3 is 9.88 Å². The van der Waals surface area contributed by atoms with Gasteiger partial charge in [-0.2, -0.15) is 11.3 Å². The summed E-state index contributed by atoms with van der Waals surface area (Å²) in [6, 6.07) is 2.53. The van der Waals surface area contributed by atoms with Crippen LogP contribution < -0.4 is 5.32 Å². The maximum atomic E-state index is 12.7. The zero-order valence-electron chi connectivity index (χ0n) is 15.7. The van der Waals surface area contributed by atoms with Crippen molar-refractivity contribution < 1.29 is 4.79 Å². The molecule has 5 rings (SSSR count). The average molecular weight is 387 g/mol. The highest BCUT2D eigenvalue weighted by Gasteiger charge is 2.46. The van der Waals surface area contributed by atoms with Gasteiger partial charge in [0.25, 0.3) is 5.91 Å². The van der Waals surface area contributed by atoms with Crippen LogP contribution in [-0.4, -0.2) is 62.2 Å². The molecule has 4 heterocycles. The largest absolute Gasteiger partial charge is 0.347 e. The van der Waals surface area contributed by atoms with E-state index in [0.29, 0.717) is 11.9 Å². The molecule has 0 aromatic carbocycles. The van der Waals surface area contributed by atoms with E-state index < -0.39 is 0 Å². The molecule has 144 valence electrons. The highest BCUT2D eigenvalue weighted by atomic mass is 32.1. The van der Waals surface area contributed by atoms with Crippen molar-refractivity contribution in [2.24, 2.45) is 0 Å². The molecule has 1 saturated carbocycles. The van der Waals surface area contributed by atoms with Crippen LogP contribution in [0.15, 0.2) is 16.8 Å². The normalized spacial score (nSPS) is 26.3. The van der Waals surface area contributed by atoms with Crippen molar-refractivity contribution in [2.75, 3.05) is 20.1 Å². The summed E-state index contributed by atoms with van der Waals surface area (Å²) >= 11 is 1.76. The monoisotopic (exact) mass is 386 g/mol. The van der Waals surface area contributed by atoms with Crippen LogP contribution >= 0.6 is 11.3 Å². The minimum atomic E-state index is -0.0636. The summed E-state index contributed by atoms with van der Waals surface area (Å²) in [5, 5.41) is 16.0. The predicted molar refractivity (Wildman–Crippen MR) is 104 cm³/mol. The van der Waals surface area contributed by atoms with Crippen molar-refractivity contribution in [3.05, 3.63) is 34.0 Å². The topological polar surface area (TPSA) is 66.3 Å². The molecule has 1 N–H and O–H groups in total. The summed E-state index contributed by atoms with van der Waals surface area (Å²) < 4.78 is 2.07. The molecule has 2 aliphatic heterocycles. The summed E-state index contributed by atoms with van der Waals surface area (Å²) in [6.07, 6.45) is 4.47. The number of amides is 1. The first-order chi connectivity index (χ1) is 13.1. The third kappa shape index (κ3) is 3.09. The average Bonchev–Trinajstić information content (AvgIpc) is 3.34. The Morgan fingerprint density at radius 3 is 3.00 bits per heavy atom. The van der Waals surface area contributed by atoms with E-state index in [9.17, 15) is 4.79 Å². The number of hydrogen-bond acceptors (Lipinski definition) is 6. The molecule has 1 aliphatic carbocycles. The Bertz CT molecular complexity index is 829. The molecule has 2 fully saturated rings. The Morgan fingerprint density at radius 2 is 2.26 bits per heavy atom. The fourth-order valence-electron chi connectivity index (χ4n) is 4.54. The summed E-state index contributed by atoms with van der Waals surface area (Å²) in [4.78, 5) is 17.6. The van der Waals surface area contributed by atoms with Crippen LogP contribution in [-0.2, 0) is 19.6 Å². The maximum Gasteiger partial charge on any atom is 0.289 e. The molecule has 0 unspecified atom stereocenters. The van der Waals surface area contributed by atoms with E-state index >= 15 is 0 Å².